The van der Waals surface area contributed by atoms with Gasteiger partial charge in [0.05, 0.1) is 5.92 Å². The highest BCUT2D eigenvalue weighted by atomic mass is 19.3. The SMILES string of the molecule is O=C(O)C1CCN(C(=O)C(F)(F)c2ccccc2)C1. The maximum atomic E-state index is 14.0. The second kappa shape index (κ2) is 4.95. The fraction of sp³-hybridized carbons (Fsp3) is 0.385. The number of rotatable bonds is 3. The Hall–Kier alpha value is -1.98. The molecule has 1 aliphatic heterocycles. The normalized spacial score (nSPS) is 19.5. The van der Waals surface area contributed by atoms with E-state index in [0.29, 0.717) is 0 Å². The second-order valence-electron chi connectivity index (χ2n) is 4.52. The fourth-order valence-electron chi connectivity index (χ4n) is 2.12. The van der Waals surface area contributed by atoms with E-state index < -0.39 is 23.7 Å². The van der Waals surface area contributed by atoms with Crippen LogP contribution in [0.3, 0.4) is 0 Å². The summed E-state index contributed by atoms with van der Waals surface area (Å²) in [6, 6.07) is 6.81. The van der Waals surface area contributed by atoms with Gasteiger partial charge in [0.1, 0.15) is 0 Å². The zero-order valence-electron chi connectivity index (χ0n) is 10.1. The molecule has 1 aromatic rings. The Kier molecular flexibility index (Phi) is 3.50. The fourth-order valence-corrected chi connectivity index (χ4v) is 2.12. The van der Waals surface area contributed by atoms with Crippen molar-refractivity contribution in [3.05, 3.63) is 35.9 Å². The van der Waals surface area contributed by atoms with Crippen molar-refractivity contribution in [2.24, 2.45) is 5.92 Å². The lowest BCUT2D eigenvalue weighted by Crippen LogP contribution is -2.41. The first-order chi connectivity index (χ1) is 8.93. The van der Waals surface area contributed by atoms with E-state index in [2.05, 4.69) is 0 Å². The van der Waals surface area contributed by atoms with E-state index in [0.717, 1.165) is 4.90 Å². The minimum Gasteiger partial charge on any atom is -0.481 e. The minimum absolute atomic E-state index is 0.0538. The quantitative estimate of drug-likeness (QED) is 0.908. The van der Waals surface area contributed by atoms with E-state index in [1.807, 2.05) is 0 Å². The summed E-state index contributed by atoms with van der Waals surface area (Å²) in [5, 5.41) is 8.81. The first-order valence-corrected chi connectivity index (χ1v) is 5.88. The van der Waals surface area contributed by atoms with Gasteiger partial charge in [0.2, 0.25) is 0 Å². The standard InChI is InChI=1S/C13H13F2NO3/c14-13(15,10-4-2-1-3-5-10)12(19)16-7-6-9(8-16)11(17)18/h1-5,9H,6-8H2,(H,17,18). The van der Waals surface area contributed by atoms with E-state index in [9.17, 15) is 18.4 Å². The molecule has 0 saturated carbocycles. The van der Waals surface area contributed by atoms with E-state index in [4.69, 9.17) is 5.11 Å². The molecule has 102 valence electrons. The molecule has 0 bridgehead atoms. The first kappa shape index (κ1) is 13.5. The minimum atomic E-state index is -3.62. The van der Waals surface area contributed by atoms with E-state index >= 15 is 0 Å². The molecular weight excluding hydrogens is 256 g/mol. The van der Waals surface area contributed by atoms with Gasteiger partial charge in [-0.25, -0.2) is 0 Å². The van der Waals surface area contributed by atoms with Crippen molar-refractivity contribution in [1.29, 1.82) is 0 Å². The van der Waals surface area contributed by atoms with E-state index in [-0.39, 0.29) is 25.1 Å². The Labute approximate surface area is 108 Å². The van der Waals surface area contributed by atoms with Crippen molar-refractivity contribution in [1.82, 2.24) is 4.90 Å². The lowest BCUT2D eigenvalue weighted by molar-refractivity contribution is -0.158. The van der Waals surface area contributed by atoms with Gasteiger partial charge in [0.25, 0.3) is 5.91 Å². The van der Waals surface area contributed by atoms with Crippen molar-refractivity contribution in [2.75, 3.05) is 13.1 Å². The number of hydrogen-bond donors (Lipinski definition) is 1. The van der Waals surface area contributed by atoms with Gasteiger partial charge in [-0.3, -0.25) is 9.59 Å². The Morgan fingerprint density at radius 1 is 1.26 bits per heavy atom. The van der Waals surface area contributed by atoms with Gasteiger partial charge in [-0.05, 0) is 6.42 Å². The number of carbonyl (C=O) groups is 2. The summed E-state index contributed by atoms with van der Waals surface area (Å²) < 4.78 is 28.0. The van der Waals surface area contributed by atoms with Gasteiger partial charge >= 0.3 is 11.9 Å². The van der Waals surface area contributed by atoms with Gasteiger partial charge < -0.3 is 10.0 Å². The molecular formula is C13H13F2NO3. The predicted octanol–water partition coefficient (Wildman–Crippen LogP) is 1.71. The summed E-state index contributed by atoms with van der Waals surface area (Å²) in [6.45, 7) is -0.102. The molecule has 1 N–H and O–H groups in total. The summed E-state index contributed by atoms with van der Waals surface area (Å²) in [6.07, 6.45) is 0.214. The molecule has 1 aliphatic rings. The van der Waals surface area contributed by atoms with Crippen LogP contribution in [0.15, 0.2) is 30.3 Å². The molecule has 0 aliphatic carbocycles. The summed E-state index contributed by atoms with van der Waals surface area (Å²) in [7, 11) is 0. The number of carbonyl (C=O) groups excluding carboxylic acids is 1. The van der Waals surface area contributed by atoms with Gasteiger partial charge in [-0.15, -0.1) is 0 Å². The molecule has 1 unspecified atom stereocenters. The van der Waals surface area contributed by atoms with Crippen molar-refractivity contribution < 1.29 is 23.5 Å². The number of amides is 1. The summed E-state index contributed by atoms with van der Waals surface area (Å²) in [4.78, 5) is 23.5. The number of carboxylic acid groups (broad SMARTS) is 1. The Balaban J connectivity index is 2.14. The lowest BCUT2D eigenvalue weighted by atomic mass is 10.1. The number of alkyl halides is 2. The Morgan fingerprint density at radius 2 is 1.89 bits per heavy atom. The highest BCUT2D eigenvalue weighted by Gasteiger charge is 2.46. The third-order valence-corrected chi connectivity index (χ3v) is 3.23. The molecule has 0 radical (unpaired) electrons. The largest absolute Gasteiger partial charge is 0.481 e. The van der Waals surface area contributed by atoms with Crippen LogP contribution in [0.25, 0.3) is 0 Å². The smallest absolute Gasteiger partial charge is 0.349 e. The van der Waals surface area contributed by atoms with Crippen molar-refractivity contribution in [3.63, 3.8) is 0 Å². The molecule has 2 rings (SSSR count). The van der Waals surface area contributed by atoms with Gasteiger partial charge in [0, 0.05) is 18.7 Å². The number of benzene rings is 1. The molecule has 1 aromatic carbocycles. The molecule has 1 atom stereocenters. The average Bonchev–Trinajstić information content (AvgIpc) is 2.88. The number of carboxylic acids is 1. The predicted molar refractivity (Wildman–Crippen MR) is 62.7 cm³/mol. The van der Waals surface area contributed by atoms with Crippen LogP contribution < -0.4 is 0 Å². The van der Waals surface area contributed by atoms with Gasteiger partial charge in [-0.2, -0.15) is 8.78 Å². The van der Waals surface area contributed by atoms with Crippen LogP contribution in [-0.2, 0) is 15.5 Å². The Morgan fingerprint density at radius 3 is 2.42 bits per heavy atom. The van der Waals surface area contributed by atoms with E-state index in [1.54, 1.807) is 6.07 Å². The summed E-state index contributed by atoms with van der Waals surface area (Å²) in [5.74, 6) is -6.76. The summed E-state index contributed by atoms with van der Waals surface area (Å²) in [5.41, 5.74) is -0.376. The van der Waals surface area contributed by atoms with E-state index in [1.165, 1.54) is 24.3 Å². The second-order valence-corrected chi connectivity index (χ2v) is 4.52. The first-order valence-electron chi connectivity index (χ1n) is 5.88. The molecule has 19 heavy (non-hydrogen) atoms. The van der Waals surface area contributed by atoms with Crippen LogP contribution in [-0.4, -0.2) is 35.0 Å². The summed E-state index contributed by atoms with van der Waals surface area (Å²) >= 11 is 0. The zero-order chi connectivity index (χ0) is 14.0. The molecule has 4 nitrogen and oxygen atoms in total. The van der Waals surface area contributed by atoms with Crippen molar-refractivity contribution in [3.8, 4) is 0 Å². The van der Waals surface area contributed by atoms with Crippen LogP contribution in [0.4, 0.5) is 8.78 Å². The van der Waals surface area contributed by atoms with Crippen LogP contribution in [0, 0.1) is 5.92 Å². The molecule has 1 fully saturated rings. The molecule has 0 aromatic heterocycles. The maximum absolute atomic E-state index is 14.0. The average molecular weight is 269 g/mol. The highest BCUT2D eigenvalue weighted by molar-refractivity contribution is 5.86. The third kappa shape index (κ3) is 2.57. The topological polar surface area (TPSA) is 57.6 Å². The monoisotopic (exact) mass is 269 g/mol. The molecule has 1 heterocycles. The maximum Gasteiger partial charge on any atom is 0.349 e. The van der Waals surface area contributed by atoms with Crippen LogP contribution in [0.2, 0.25) is 0 Å². The molecule has 1 saturated heterocycles. The number of hydrogen-bond acceptors (Lipinski definition) is 2. The number of likely N-dealkylation sites (tertiary alicyclic amines) is 1. The van der Waals surface area contributed by atoms with Crippen LogP contribution >= 0.6 is 0 Å². The molecule has 6 heteroatoms. The Bertz CT molecular complexity index is 490. The van der Waals surface area contributed by atoms with Gasteiger partial charge in [-0.1, -0.05) is 30.3 Å². The lowest BCUT2D eigenvalue weighted by Gasteiger charge is -2.23. The van der Waals surface area contributed by atoms with Crippen LogP contribution in [0.5, 0.6) is 0 Å². The van der Waals surface area contributed by atoms with Crippen LogP contribution in [0.1, 0.15) is 12.0 Å². The van der Waals surface area contributed by atoms with Crippen molar-refractivity contribution >= 4 is 11.9 Å². The zero-order valence-corrected chi connectivity index (χ0v) is 10.1. The van der Waals surface area contributed by atoms with Crippen molar-refractivity contribution in [2.45, 2.75) is 12.3 Å². The molecule has 0 spiro atoms. The number of halogens is 2. The molecule has 1 amide bonds. The third-order valence-electron chi connectivity index (χ3n) is 3.23. The number of nitrogens with zero attached hydrogens (tertiary/aromatic N) is 1. The van der Waals surface area contributed by atoms with Gasteiger partial charge in [0.15, 0.2) is 0 Å². The number of aliphatic carboxylic acids is 1. The highest BCUT2D eigenvalue weighted by Crippen LogP contribution is 2.32.